The van der Waals surface area contributed by atoms with E-state index >= 15 is 0 Å². The van der Waals surface area contributed by atoms with Gasteiger partial charge < -0.3 is 5.73 Å². The number of sulfonamides is 1. The Morgan fingerprint density at radius 3 is 2.48 bits per heavy atom. The van der Waals surface area contributed by atoms with Gasteiger partial charge in [0.1, 0.15) is 11.0 Å². The van der Waals surface area contributed by atoms with E-state index in [0.29, 0.717) is 16.9 Å². The molecule has 0 aliphatic rings. The van der Waals surface area contributed by atoms with Crippen molar-refractivity contribution in [3.63, 3.8) is 0 Å². The molecule has 0 aliphatic heterocycles. The monoisotopic (exact) mass is 301 g/mol. The van der Waals surface area contributed by atoms with Gasteiger partial charge in [-0.3, -0.25) is 4.72 Å². The SMILES string of the molecule is Cc1ccc(N)c(C)c1NS(=O)(=O)c1ccccc1C#N. The number of hydrogen-bond donors (Lipinski definition) is 2. The van der Waals surface area contributed by atoms with E-state index < -0.39 is 10.0 Å². The van der Waals surface area contributed by atoms with Crippen molar-refractivity contribution < 1.29 is 8.42 Å². The van der Waals surface area contributed by atoms with Gasteiger partial charge in [0.25, 0.3) is 10.0 Å². The number of anilines is 2. The Bertz CT molecular complexity index is 836. The Morgan fingerprint density at radius 1 is 1.14 bits per heavy atom. The summed E-state index contributed by atoms with van der Waals surface area (Å²) >= 11 is 0. The lowest BCUT2D eigenvalue weighted by atomic mass is 10.1. The van der Waals surface area contributed by atoms with Gasteiger partial charge in [-0.15, -0.1) is 0 Å². The van der Waals surface area contributed by atoms with Gasteiger partial charge in [-0.2, -0.15) is 5.26 Å². The number of hydrogen-bond acceptors (Lipinski definition) is 4. The third-order valence-corrected chi connectivity index (χ3v) is 4.66. The molecule has 0 bridgehead atoms. The summed E-state index contributed by atoms with van der Waals surface area (Å²) < 4.78 is 27.5. The molecule has 6 heteroatoms. The predicted molar refractivity (Wildman–Crippen MR) is 82.3 cm³/mol. The second-order valence-corrected chi connectivity index (χ2v) is 6.34. The van der Waals surface area contributed by atoms with Gasteiger partial charge in [-0.25, -0.2) is 8.42 Å². The minimum absolute atomic E-state index is 0.0475. The quantitative estimate of drug-likeness (QED) is 0.851. The largest absolute Gasteiger partial charge is 0.398 e. The van der Waals surface area contributed by atoms with Crippen LogP contribution in [0.2, 0.25) is 0 Å². The molecule has 0 spiro atoms. The smallest absolute Gasteiger partial charge is 0.263 e. The molecule has 108 valence electrons. The second kappa shape index (κ2) is 5.46. The highest BCUT2D eigenvalue weighted by Crippen LogP contribution is 2.28. The van der Waals surface area contributed by atoms with E-state index in [2.05, 4.69) is 4.72 Å². The van der Waals surface area contributed by atoms with E-state index in [0.717, 1.165) is 5.56 Å². The van der Waals surface area contributed by atoms with Gasteiger partial charge >= 0.3 is 0 Å². The van der Waals surface area contributed by atoms with Crippen LogP contribution in [0.15, 0.2) is 41.3 Å². The Labute approximate surface area is 124 Å². The third kappa shape index (κ3) is 2.83. The fraction of sp³-hybridized carbons (Fsp3) is 0.133. The lowest BCUT2D eigenvalue weighted by Gasteiger charge is -2.15. The molecule has 0 saturated heterocycles. The van der Waals surface area contributed by atoms with Crippen LogP contribution in [-0.4, -0.2) is 8.42 Å². The van der Waals surface area contributed by atoms with Crippen LogP contribution < -0.4 is 10.5 Å². The summed E-state index contributed by atoms with van der Waals surface area (Å²) in [5, 5.41) is 9.04. The average Bonchev–Trinajstić information content (AvgIpc) is 2.47. The fourth-order valence-electron chi connectivity index (χ4n) is 2.00. The third-order valence-electron chi connectivity index (χ3n) is 3.25. The molecule has 0 heterocycles. The molecule has 2 aromatic carbocycles. The number of benzene rings is 2. The van der Waals surface area contributed by atoms with E-state index in [1.807, 2.05) is 6.07 Å². The van der Waals surface area contributed by atoms with E-state index in [1.165, 1.54) is 12.1 Å². The van der Waals surface area contributed by atoms with Crippen LogP contribution in [0.4, 0.5) is 11.4 Å². The maximum absolute atomic E-state index is 12.5. The summed E-state index contributed by atoms with van der Waals surface area (Å²) in [4.78, 5) is -0.0475. The van der Waals surface area contributed by atoms with Crippen LogP contribution in [0.1, 0.15) is 16.7 Å². The molecule has 3 N–H and O–H groups in total. The molecule has 0 unspecified atom stereocenters. The molecular weight excluding hydrogens is 286 g/mol. The van der Waals surface area contributed by atoms with Crippen LogP contribution in [-0.2, 0) is 10.0 Å². The fourth-order valence-corrected chi connectivity index (χ4v) is 3.36. The van der Waals surface area contributed by atoms with E-state index in [-0.39, 0.29) is 10.5 Å². The molecule has 0 fully saturated rings. The first kappa shape index (κ1) is 14.9. The summed E-state index contributed by atoms with van der Waals surface area (Å²) in [5.74, 6) is 0. The molecular formula is C15H15N3O2S. The highest BCUT2D eigenvalue weighted by molar-refractivity contribution is 7.92. The molecule has 5 nitrogen and oxygen atoms in total. The van der Waals surface area contributed by atoms with Crippen LogP contribution in [0.25, 0.3) is 0 Å². The van der Waals surface area contributed by atoms with Gasteiger partial charge in [0.05, 0.1) is 11.3 Å². The van der Waals surface area contributed by atoms with Gasteiger partial charge in [0, 0.05) is 5.69 Å². The standard InChI is InChI=1S/C15H15N3O2S/c1-10-7-8-13(17)11(2)15(10)18-21(19,20)14-6-4-3-5-12(14)9-16/h3-8,18H,17H2,1-2H3. The van der Waals surface area contributed by atoms with Crippen LogP contribution in [0.3, 0.4) is 0 Å². The first-order valence-corrected chi connectivity index (χ1v) is 7.73. The summed E-state index contributed by atoms with van der Waals surface area (Å²) in [6.07, 6.45) is 0. The number of nitrogens with zero attached hydrogens (tertiary/aromatic N) is 1. The molecule has 0 saturated carbocycles. The minimum atomic E-state index is -3.85. The van der Waals surface area contributed by atoms with Crippen molar-refractivity contribution in [2.45, 2.75) is 18.7 Å². The highest BCUT2D eigenvalue weighted by Gasteiger charge is 2.20. The first-order chi connectivity index (χ1) is 9.86. The van der Waals surface area contributed by atoms with Crippen LogP contribution >= 0.6 is 0 Å². The summed E-state index contributed by atoms with van der Waals surface area (Å²) in [6.45, 7) is 3.54. The van der Waals surface area contributed by atoms with Gasteiger partial charge in [0.2, 0.25) is 0 Å². The van der Waals surface area contributed by atoms with Crippen LogP contribution in [0, 0.1) is 25.2 Å². The average molecular weight is 301 g/mol. The molecule has 0 aliphatic carbocycles. The number of nitrogens with one attached hydrogen (secondary N) is 1. The molecule has 0 amide bonds. The van der Waals surface area contributed by atoms with Crippen molar-refractivity contribution in [1.82, 2.24) is 0 Å². The van der Waals surface area contributed by atoms with Gasteiger partial charge in [-0.1, -0.05) is 18.2 Å². The van der Waals surface area contributed by atoms with Crippen molar-refractivity contribution in [1.29, 1.82) is 5.26 Å². The summed E-state index contributed by atoms with van der Waals surface area (Å²) in [5.41, 5.74) is 8.29. The maximum Gasteiger partial charge on any atom is 0.263 e. The highest BCUT2D eigenvalue weighted by atomic mass is 32.2. The van der Waals surface area contributed by atoms with Gasteiger partial charge in [0.15, 0.2) is 0 Å². The lowest BCUT2D eigenvalue weighted by Crippen LogP contribution is -2.16. The van der Waals surface area contributed by atoms with Crippen molar-refractivity contribution >= 4 is 21.4 Å². The maximum atomic E-state index is 12.5. The topological polar surface area (TPSA) is 96.0 Å². The zero-order chi connectivity index (χ0) is 15.6. The Balaban J connectivity index is 2.54. The second-order valence-electron chi connectivity index (χ2n) is 4.69. The van der Waals surface area contributed by atoms with Crippen LogP contribution in [0.5, 0.6) is 0 Å². The number of nitrogens with two attached hydrogens (primary N) is 1. The van der Waals surface area contributed by atoms with E-state index in [9.17, 15) is 8.42 Å². The van der Waals surface area contributed by atoms with Gasteiger partial charge in [-0.05, 0) is 43.2 Å². The molecule has 0 radical (unpaired) electrons. The molecule has 0 aromatic heterocycles. The lowest BCUT2D eigenvalue weighted by molar-refractivity contribution is 0.601. The number of nitriles is 1. The van der Waals surface area contributed by atoms with E-state index in [4.69, 9.17) is 11.0 Å². The summed E-state index contributed by atoms with van der Waals surface area (Å²) in [7, 11) is -3.85. The normalized spacial score (nSPS) is 10.9. The zero-order valence-electron chi connectivity index (χ0n) is 11.7. The van der Waals surface area contributed by atoms with Crippen molar-refractivity contribution in [3.8, 4) is 6.07 Å². The van der Waals surface area contributed by atoms with Crippen molar-refractivity contribution in [3.05, 3.63) is 53.1 Å². The number of aryl methyl sites for hydroxylation is 1. The minimum Gasteiger partial charge on any atom is -0.398 e. The zero-order valence-corrected chi connectivity index (χ0v) is 12.5. The summed E-state index contributed by atoms with van der Waals surface area (Å²) in [6, 6.07) is 11.4. The molecule has 2 aromatic rings. The molecule has 2 rings (SSSR count). The first-order valence-electron chi connectivity index (χ1n) is 6.24. The molecule has 21 heavy (non-hydrogen) atoms. The van der Waals surface area contributed by atoms with Crippen molar-refractivity contribution in [2.75, 3.05) is 10.5 Å². The predicted octanol–water partition coefficient (Wildman–Crippen LogP) is 2.56. The Hall–Kier alpha value is -2.52. The Morgan fingerprint density at radius 2 is 1.81 bits per heavy atom. The molecule has 0 atom stereocenters. The number of rotatable bonds is 3. The number of nitrogen functional groups attached to an aromatic ring is 1. The van der Waals surface area contributed by atoms with Crippen molar-refractivity contribution in [2.24, 2.45) is 0 Å². The van der Waals surface area contributed by atoms with E-state index in [1.54, 1.807) is 38.1 Å². The Kier molecular flexibility index (Phi) is 3.87.